The molecule has 0 aliphatic carbocycles. The van der Waals surface area contributed by atoms with Crippen molar-refractivity contribution in [2.75, 3.05) is 5.32 Å². The molecule has 2 N–H and O–H groups in total. The molecule has 164 valence electrons. The molecular formula is C26H22N4OS2. The molecule has 0 aliphatic rings. The van der Waals surface area contributed by atoms with Crippen molar-refractivity contribution in [3.05, 3.63) is 102 Å². The number of hydrogen-bond donors (Lipinski definition) is 2. The number of rotatable bonds is 8. The van der Waals surface area contributed by atoms with Crippen LogP contribution in [0, 0.1) is 0 Å². The summed E-state index contributed by atoms with van der Waals surface area (Å²) in [5.41, 5.74) is 4.84. The van der Waals surface area contributed by atoms with Gasteiger partial charge < -0.3 is 10.3 Å². The highest BCUT2D eigenvalue weighted by Crippen LogP contribution is 2.41. The molecule has 0 bridgehead atoms. The predicted octanol–water partition coefficient (Wildman–Crippen LogP) is 7.04. The number of ketones is 1. The summed E-state index contributed by atoms with van der Waals surface area (Å²) in [5.74, 6) is 0.0449. The monoisotopic (exact) mass is 470 g/mol. The average Bonchev–Trinajstić information content (AvgIpc) is 3.50. The molecule has 0 spiro atoms. The van der Waals surface area contributed by atoms with Crippen molar-refractivity contribution >= 4 is 50.6 Å². The summed E-state index contributed by atoms with van der Waals surface area (Å²) in [6.07, 6.45) is 2.81. The first kappa shape index (κ1) is 21.4. The van der Waals surface area contributed by atoms with Crippen molar-refractivity contribution in [1.82, 2.24) is 15.2 Å². The number of nitrogens with one attached hydrogen (secondary N) is 2. The SMILES string of the molecule is CCc1ccc(Nc2nnc(S[C@@H](C(=O)c3c[nH]c4ccccc34)c3ccccc3)s2)cc1. The minimum atomic E-state index is -0.421. The van der Waals surface area contributed by atoms with E-state index in [-0.39, 0.29) is 5.78 Å². The van der Waals surface area contributed by atoms with E-state index in [0.29, 0.717) is 10.7 Å². The Labute approximate surface area is 200 Å². The maximum atomic E-state index is 13.7. The fourth-order valence-corrected chi connectivity index (χ4v) is 5.71. The molecule has 0 aliphatic heterocycles. The first-order valence-electron chi connectivity index (χ1n) is 10.7. The number of H-pyrrole nitrogens is 1. The quantitative estimate of drug-likeness (QED) is 0.188. The van der Waals surface area contributed by atoms with Crippen molar-refractivity contribution in [3.8, 4) is 0 Å². The van der Waals surface area contributed by atoms with Gasteiger partial charge in [0.25, 0.3) is 0 Å². The van der Waals surface area contributed by atoms with E-state index in [2.05, 4.69) is 39.6 Å². The summed E-state index contributed by atoms with van der Waals surface area (Å²) in [5, 5.41) is 13.2. The topological polar surface area (TPSA) is 70.7 Å². The first-order valence-corrected chi connectivity index (χ1v) is 12.4. The molecule has 33 heavy (non-hydrogen) atoms. The van der Waals surface area contributed by atoms with Crippen molar-refractivity contribution in [2.45, 2.75) is 22.9 Å². The summed E-state index contributed by atoms with van der Waals surface area (Å²) in [6.45, 7) is 2.14. The van der Waals surface area contributed by atoms with E-state index in [1.165, 1.54) is 28.7 Å². The van der Waals surface area contributed by atoms with E-state index in [1.54, 1.807) is 6.20 Å². The van der Waals surface area contributed by atoms with Gasteiger partial charge in [-0.2, -0.15) is 0 Å². The average molecular weight is 471 g/mol. The summed E-state index contributed by atoms with van der Waals surface area (Å²) < 4.78 is 0.740. The Hall–Kier alpha value is -3.42. The Morgan fingerprint density at radius 1 is 1.00 bits per heavy atom. The number of aromatic amines is 1. The Kier molecular flexibility index (Phi) is 6.24. The summed E-state index contributed by atoms with van der Waals surface area (Å²) in [6, 6.07) is 26.0. The van der Waals surface area contributed by atoms with Gasteiger partial charge in [0.15, 0.2) is 10.1 Å². The van der Waals surface area contributed by atoms with E-state index < -0.39 is 5.25 Å². The summed E-state index contributed by atoms with van der Waals surface area (Å²) in [4.78, 5) is 16.9. The lowest BCUT2D eigenvalue weighted by atomic mass is 10.0. The molecule has 0 saturated carbocycles. The molecule has 3 aromatic carbocycles. The second-order valence-electron chi connectivity index (χ2n) is 7.57. The predicted molar refractivity (Wildman–Crippen MR) is 137 cm³/mol. The van der Waals surface area contributed by atoms with Crippen molar-refractivity contribution in [3.63, 3.8) is 0 Å². The molecule has 5 aromatic rings. The number of hydrogen-bond acceptors (Lipinski definition) is 6. The van der Waals surface area contributed by atoms with Crippen LogP contribution in [0.3, 0.4) is 0 Å². The van der Waals surface area contributed by atoms with E-state index >= 15 is 0 Å². The number of aryl methyl sites for hydroxylation is 1. The molecule has 0 saturated heterocycles. The standard InChI is InChI=1S/C26H22N4OS2/c1-2-17-12-14-19(15-13-17)28-25-29-30-26(33-25)32-24(18-8-4-3-5-9-18)23(31)21-16-27-22-11-7-6-10-20(21)22/h3-16,24,27H,2H2,1H3,(H,28,29)/t24-/m1/s1. The highest BCUT2D eigenvalue weighted by molar-refractivity contribution is 8.02. The lowest BCUT2D eigenvalue weighted by Gasteiger charge is -2.14. The molecule has 5 rings (SSSR count). The maximum Gasteiger partial charge on any atom is 0.210 e. The lowest BCUT2D eigenvalue weighted by Crippen LogP contribution is -2.09. The van der Waals surface area contributed by atoms with Gasteiger partial charge >= 0.3 is 0 Å². The number of benzene rings is 3. The van der Waals surface area contributed by atoms with Gasteiger partial charge in [-0.25, -0.2) is 0 Å². The smallest absolute Gasteiger partial charge is 0.210 e. The third-order valence-electron chi connectivity index (χ3n) is 5.43. The van der Waals surface area contributed by atoms with E-state index in [9.17, 15) is 4.79 Å². The maximum absolute atomic E-state index is 13.7. The third kappa shape index (κ3) is 4.69. The van der Waals surface area contributed by atoms with Crippen LogP contribution in [0.4, 0.5) is 10.8 Å². The molecule has 7 heteroatoms. The van der Waals surface area contributed by atoms with Gasteiger partial charge in [0.1, 0.15) is 5.25 Å². The molecule has 0 radical (unpaired) electrons. The molecule has 2 heterocycles. The number of nitrogens with zero attached hydrogens (tertiary/aromatic N) is 2. The minimum Gasteiger partial charge on any atom is -0.360 e. The number of fused-ring (bicyclic) bond motifs is 1. The van der Waals surface area contributed by atoms with Crippen LogP contribution < -0.4 is 5.32 Å². The number of thioether (sulfide) groups is 1. The Bertz CT molecular complexity index is 1380. The molecular weight excluding hydrogens is 448 g/mol. The van der Waals surface area contributed by atoms with Crippen molar-refractivity contribution < 1.29 is 4.79 Å². The largest absolute Gasteiger partial charge is 0.360 e. The van der Waals surface area contributed by atoms with E-state index in [1.807, 2.05) is 66.7 Å². The van der Waals surface area contributed by atoms with Crippen LogP contribution >= 0.6 is 23.1 Å². The molecule has 0 amide bonds. The zero-order valence-electron chi connectivity index (χ0n) is 18.0. The van der Waals surface area contributed by atoms with Gasteiger partial charge in [-0.05, 0) is 35.7 Å². The van der Waals surface area contributed by atoms with Gasteiger partial charge in [0.2, 0.25) is 5.13 Å². The highest BCUT2D eigenvalue weighted by atomic mass is 32.2. The molecule has 0 fully saturated rings. The zero-order valence-corrected chi connectivity index (χ0v) is 19.6. The number of Topliss-reactive ketones (excluding diaryl/α,β-unsaturated/α-hetero) is 1. The van der Waals surface area contributed by atoms with Crippen molar-refractivity contribution in [1.29, 1.82) is 0 Å². The van der Waals surface area contributed by atoms with Crippen LogP contribution in [0.15, 0.2) is 89.4 Å². The Morgan fingerprint density at radius 3 is 2.55 bits per heavy atom. The van der Waals surface area contributed by atoms with Crippen LogP contribution in [0.25, 0.3) is 10.9 Å². The fourth-order valence-electron chi connectivity index (χ4n) is 3.67. The Balaban J connectivity index is 1.41. The minimum absolute atomic E-state index is 0.0449. The van der Waals surface area contributed by atoms with Gasteiger partial charge in [-0.1, -0.05) is 90.7 Å². The normalized spacial score (nSPS) is 12.0. The van der Waals surface area contributed by atoms with Gasteiger partial charge in [-0.3, -0.25) is 4.79 Å². The van der Waals surface area contributed by atoms with Crippen LogP contribution in [-0.2, 0) is 6.42 Å². The number of carbonyl (C=O) groups is 1. The molecule has 5 nitrogen and oxygen atoms in total. The van der Waals surface area contributed by atoms with Crippen LogP contribution in [-0.4, -0.2) is 21.0 Å². The highest BCUT2D eigenvalue weighted by Gasteiger charge is 2.27. The first-order chi connectivity index (χ1) is 16.2. The second-order valence-corrected chi connectivity index (χ2v) is 9.90. The number of para-hydroxylation sites is 1. The van der Waals surface area contributed by atoms with E-state index in [0.717, 1.165) is 32.9 Å². The number of anilines is 2. The van der Waals surface area contributed by atoms with Crippen molar-refractivity contribution in [2.24, 2.45) is 0 Å². The van der Waals surface area contributed by atoms with Gasteiger partial charge in [0.05, 0.1) is 0 Å². The molecule has 1 atom stereocenters. The fraction of sp³-hybridized carbons (Fsp3) is 0.115. The van der Waals surface area contributed by atoms with Crippen LogP contribution in [0.5, 0.6) is 0 Å². The summed E-state index contributed by atoms with van der Waals surface area (Å²) in [7, 11) is 0. The zero-order chi connectivity index (χ0) is 22.6. The number of carbonyl (C=O) groups excluding carboxylic acids is 1. The second kappa shape index (κ2) is 9.60. The summed E-state index contributed by atoms with van der Waals surface area (Å²) >= 11 is 2.88. The third-order valence-corrected chi connectivity index (χ3v) is 7.61. The van der Waals surface area contributed by atoms with Gasteiger partial charge in [0, 0.05) is 28.4 Å². The van der Waals surface area contributed by atoms with E-state index in [4.69, 9.17) is 0 Å². The van der Waals surface area contributed by atoms with Crippen LogP contribution in [0.1, 0.15) is 33.7 Å². The Morgan fingerprint density at radius 2 is 1.76 bits per heavy atom. The van der Waals surface area contributed by atoms with Gasteiger partial charge in [-0.15, -0.1) is 10.2 Å². The lowest BCUT2D eigenvalue weighted by molar-refractivity contribution is 0.0991. The molecule has 2 aromatic heterocycles. The number of aromatic nitrogens is 3. The molecule has 0 unspecified atom stereocenters. The van der Waals surface area contributed by atoms with Crippen LogP contribution in [0.2, 0.25) is 0 Å².